The fourth-order valence-electron chi connectivity index (χ4n) is 4.00. The van der Waals surface area contributed by atoms with Gasteiger partial charge in [0.1, 0.15) is 5.01 Å². The predicted molar refractivity (Wildman–Crippen MR) is 98.2 cm³/mol. The number of anilines is 1. The van der Waals surface area contributed by atoms with Crippen molar-refractivity contribution >= 4 is 22.9 Å². The van der Waals surface area contributed by atoms with Crippen molar-refractivity contribution in [1.82, 2.24) is 10.3 Å². The molecule has 2 saturated heterocycles. The van der Waals surface area contributed by atoms with E-state index in [1.54, 1.807) is 11.3 Å². The van der Waals surface area contributed by atoms with Gasteiger partial charge >= 0.3 is 0 Å². The molecule has 4 rings (SSSR count). The number of benzene rings is 1. The van der Waals surface area contributed by atoms with Gasteiger partial charge in [-0.05, 0) is 62.8 Å². The molecule has 2 fully saturated rings. The lowest BCUT2D eigenvalue weighted by Gasteiger charge is -2.28. The quantitative estimate of drug-likeness (QED) is 0.884. The molecule has 0 spiro atoms. The van der Waals surface area contributed by atoms with Gasteiger partial charge < -0.3 is 10.6 Å². The van der Waals surface area contributed by atoms with E-state index in [1.165, 1.54) is 12.8 Å². The van der Waals surface area contributed by atoms with Crippen LogP contribution in [0.4, 0.5) is 5.69 Å². The molecule has 24 heavy (non-hydrogen) atoms. The van der Waals surface area contributed by atoms with Crippen LogP contribution in [0.3, 0.4) is 0 Å². The zero-order chi connectivity index (χ0) is 16.5. The van der Waals surface area contributed by atoms with E-state index >= 15 is 0 Å². The molecular weight excluding hydrogens is 318 g/mol. The van der Waals surface area contributed by atoms with Crippen molar-refractivity contribution in [2.45, 2.75) is 51.1 Å². The summed E-state index contributed by atoms with van der Waals surface area (Å²) in [7, 11) is 0. The Kier molecular flexibility index (Phi) is 4.37. The van der Waals surface area contributed by atoms with Crippen molar-refractivity contribution in [2.24, 2.45) is 5.92 Å². The van der Waals surface area contributed by atoms with Crippen molar-refractivity contribution in [3.63, 3.8) is 0 Å². The molecule has 5 heteroatoms. The third kappa shape index (κ3) is 3.52. The van der Waals surface area contributed by atoms with E-state index in [9.17, 15) is 4.79 Å². The SMILES string of the molecule is Cc1csc(-c2ccc(NC(=O)CC3CC4CCC(C3)N4)cc2)n1. The summed E-state index contributed by atoms with van der Waals surface area (Å²) in [6, 6.07) is 9.27. The van der Waals surface area contributed by atoms with Crippen LogP contribution in [0.1, 0.15) is 37.8 Å². The molecule has 1 amide bonds. The van der Waals surface area contributed by atoms with Gasteiger partial charge in [-0.25, -0.2) is 4.98 Å². The Hall–Kier alpha value is -1.72. The van der Waals surface area contributed by atoms with E-state index in [-0.39, 0.29) is 5.91 Å². The van der Waals surface area contributed by atoms with Gasteiger partial charge in [-0.15, -0.1) is 11.3 Å². The van der Waals surface area contributed by atoms with E-state index in [0.717, 1.165) is 34.8 Å². The molecule has 2 bridgehead atoms. The molecule has 2 N–H and O–H groups in total. The van der Waals surface area contributed by atoms with Gasteiger partial charge in [-0.2, -0.15) is 0 Å². The molecule has 1 aromatic carbocycles. The molecule has 2 unspecified atom stereocenters. The smallest absolute Gasteiger partial charge is 0.224 e. The molecular formula is C19H23N3OS. The zero-order valence-corrected chi connectivity index (χ0v) is 14.7. The highest BCUT2D eigenvalue weighted by atomic mass is 32.1. The molecule has 4 nitrogen and oxygen atoms in total. The van der Waals surface area contributed by atoms with Crippen LogP contribution in [0, 0.1) is 12.8 Å². The summed E-state index contributed by atoms with van der Waals surface area (Å²) in [5.41, 5.74) is 3.01. The molecule has 3 heterocycles. The van der Waals surface area contributed by atoms with Crippen molar-refractivity contribution < 1.29 is 4.79 Å². The second-order valence-electron chi connectivity index (χ2n) is 7.10. The lowest BCUT2D eigenvalue weighted by molar-refractivity contribution is -0.117. The van der Waals surface area contributed by atoms with Crippen molar-refractivity contribution in [3.8, 4) is 10.6 Å². The number of aromatic nitrogens is 1. The van der Waals surface area contributed by atoms with Crippen LogP contribution >= 0.6 is 11.3 Å². The first-order chi connectivity index (χ1) is 11.7. The second kappa shape index (κ2) is 6.65. The molecule has 2 atom stereocenters. The van der Waals surface area contributed by atoms with E-state index in [0.29, 0.717) is 24.4 Å². The van der Waals surface area contributed by atoms with Gasteiger partial charge in [-0.1, -0.05) is 0 Å². The number of thiazole rings is 1. The Morgan fingerprint density at radius 2 is 1.96 bits per heavy atom. The minimum Gasteiger partial charge on any atom is -0.326 e. The van der Waals surface area contributed by atoms with Crippen LogP contribution in [-0.4, -0.2) is 23.0 Å². The fourth-order valence-corrected chi connectivity index (χ4v) is 4.80. The predicted octanol–water partition coefficient (Wildman–Crippen LogP) is 3.98. The summed E-state index contributed by atoms with van der Waals surface area (Å²) < 4.78 is 0. The van der Waals surface area contributed by atoms with Gasteiger partial charge in [0, 0.05) is 40.8 Å². The molecule has 0 radical (unpaired) electrons. The first-order valence-corrected chi connectivity index (χ1v) is 9.62. The van der Waals surface area contributed by atoms with Crippen LogP contribution in [0.15, 0.2) is 29.6 Å². The minimum absolute atomic E-state index is 0.138. The monoisotopic (exact) mass is 341 g/mol. The zero-order valence-electron chi connectivity index (χ0n) is 13.9. The first kappa shape index (κ1) is 15.8. The molecule has 126 valence electrons. The maximum absolute atomic E-state index is 12.3. The number of piperidine rings is 1. The number of hydrogen-bond acceptors (Lipinski definition) is 4. The van der Waals surface area contributed by atoms with E-state index in [1.807, 2.05) is 31.2 Å². The standard InChI is InChI=1S/C19H23N3OS/c1-12-11-24-19(20-12)14-2-4-15(5-3-14)22-18(23)10-13-8-16-6-7-17(9-13)21-16/h2-5,11,13,16-17,21H,6-10H2,1H3,(H,22,23). The Balaban J connectivity index is 1.34. The summed E-state index contributed by atoms with van der Waals surface area (Å²) in [5, 5.41) is 9.75. The third-order valence-corrected chi connectivity index (χ3v) is 6.09. The number of carbonyl (C=O) groups excluding carboxylic acids is 1. The average Bonchev–Trinajstić information content (AvgIpc) is 3.13. The largest absolute Gasteiger partial charge is 0.326 e. The number of aryl methyl sites for hydroxylation is 1. The summed E-state index contributed by atoms with van der Waals surface area (Å²) in [6.07, 6.45) is 5.49. The highest BCUT2D eigenvalue weighted by Gasteiger charge is 2.34. The minimum atomic E-state index is 0.138. The number of nitrogens with zero attached hydrogens (tertiary/aromatic N) is 1. The second-order valence-corrected chi connectivity index (χ2v) is 7.96. The van der Waals surface area contributed by atoms with Gasteiger partial charge in [0.05, 0.1) is 0 Å². The van der Waals surface area contributed by atoms with Crippen LogP contribution in [-0.2, 0) is 4.79 Å². The van der Waals surface area contributed by atoms with Crippen LogP contribution in [0.2, 0.25) is 0 Å². The van der Waals surface area contributed by atoms with Gasteiger partial charge in [-0.3, -0.25) is 4.79 Å². The average molecular weight is 341 g/mol. The Labute approximate surface area is 146 Å². The highest BCUT2D eigenvalue weighted by Crippen LogP contribution is 2.33. The first-order valence-electron chi connectivity index (χ1n) is 8.74. The van der Waals surface area contributed by atoms with Crippen LogP contribution < -0.4 is 10.6 Å². The van der Waals surface area contributed by atoms with Crippen molar-refractivity contribution in [2.75, 3.05) is 5.32 Å². The Bertz CT molecular complexity index is 712. The number of fused-ring (bicyclic) bond motifs is 2. The number of carbonyl (C=O) groups is 1. The lowest BCUT2D eigenvalue weighted by atomic mass is 9.89. The molecule has 0 aliphatic carbocycles. The normalized spacial score (nSPS) is 25.6. The van der Waals surface area contributed by atoms with Gasteiger partial charge in [0.25, 0.3) is 0 Å². The molecule has 2 aliphatic heterocycles. The number of amides is 1. The topological polar surface area (TPSA) is 54.0 Å². The summed E-state index contributed by atoms with van der Waals surface area (Å²) in [5.74, 6) is 0.667. The summed E-state index contributed by atoms with van der Waals surface area (Å²) >= 11 is 1.65. The molecule has 0 saturated carbocycles. The van der Waals surface area contributed by atoms with Crippen LogP contribution in [0.25, 0.3) is 10.6 Å². The maximum Gasteiger partial charge on any atom is 0.224 e. The number of rotatable bonds is 4. The van der Waals surface area contributed by atoms with E-state index < -0.39 is 0 Å². The maximum atomic E-state index is 12.3. The highest BCUT2D eigenvalue weighted by molar-refractivity contribution is 7.13. The summed E-state index contributed by atoms with van der Waals surface area (Å²) in [4.78, 5) is 16.8. The fraction of sp³-hybridized carbons (Fsp3) is 0.474. The van der Waals surface area contributed by atoms with Gasteiger partial charge in [0.2, 0.25) is 5.91 Å². The van der Waals surface area contributed by atoms with Crippen LogP contribution in [0.5, 0.6) is 0 Å². The molecule has 1 aromatic heterocycles. The Morgan fingerprint density at radius 1 is 1.25 bits per heavy atom. The van der Waals surface area contributed by atoms with E-state index in [4.69, 9.17) is 0 Å². The molecule has 2 aromatic rings. The van der Waals surface area contributed by atoms with Crippen molar-refractivity contribution in [3.05, 3.63) is 35.3 Å². The lowest BCUT2D eigenvalue weighted by Crippen LogP contribution is -2.39. The van der Waals surface area contributed by atoms with Gasteiger partial charge in [0.15, 0.2) is 0 Å². The third-order valence-electron chi connectivity index (χ3n) is 5.08. The van der Waals surface area contributed by atoms with Crippen molar-refractivity contribution in [1.29, 1.82) is 0 Å². The summed E-state index contributed by atoms with van der Waals surface area (Å²) in [6.45, 7) is 2.00. The molecule has 2 aliphatic rings. The Morgan fingerprint density at radius 3 is 2.58 bits per heavy atom. The number of hydrogen-bond donors (Lipinski definition) is 2. The van der Waals surface area contributed by atoms with E-state index in [2.05, 4.69) is 21.0 Å². The number of nitrogens with one attached hydrogen (secondary N) is 2.